The molecule has 7 heteroatoms. The Bertz CT molecular complexity index is 1580. The maximum atomic E-state index is 11.6. The molecule has 0 radical (unpaired) electrons. The van der Waals surface area contributed by atoms with Crippen LogP contribution in [-0.4, -0.2) is 36.9 Å². The van der Waals surface area contributed by atoms with Gasteiger partial charge in [0.05, 0.1) is 17.6 Å². The number of nitrogens with one attached hydrogen (secondary N) is 2. The van der Waals surface area contributed by atoms with Crippen molar-refractivity contribution in [3.8, 4) is 11.3 Å². The molecule has 3 aromatic heterocycles. The average molecular weight is 435 g/mol. The largest absolute Gasteiger partial charge is 0.507 e. The number of dihydropyridines is 1. The average Bonchev–Trinajstić information content (AvgIpc) is 3.42. The molecule has 1 aromatic carbocycles. The number of nitrogens with zero attached hydrogens (tertiary/aromatic N) is 3. The first-order valence-electron chi connectivity index (χ1n) is 10.9. The Morgan fingerprint density at radius 1 is 1.15 bits per heavy atom. The van der Waals surface area contributed by atoms with Crippen LogP contribution in [0.25, 0.3) is 33.2 Å². The van der Waals surface area contributed by atoms with Crippen LogP contribution in [0.15, 0.2) is 77.3 Å². The monoisotopic (exact) mass is 435 g/mol. The first-order chi connectivity index (χ1) is 16.0. The van der Waals surface area contributed by atoms with E-state index in [1.807, 2.05) is 30.5 Å². The molecule has 3 N–H and O–H groups in total. The predicted octanol–water partition coefficient (Wildman–Crippen LogP) is 5.23. The van der Waals surface area contributed by atoms with Crippen molar-refractivity contribution in [1.82, 2.24) is 20.2 Å². The summed E-state index contributed by atoms with van der Waals surface area (Å²) in [4.78, 5) is 23.6. The summed E-state index contributed by atoms with van der Waals surface area (Å²) in [7, 11) is 0. The molecule has 1 atom stereocenters. The number of carbonyl (C=O) groups is 1. The zero-order valence-electron chi connectivity index (χ0n) is 18.1. The van der Waals surface area contributed by atoms with Crippen molar-refractivity contribution in [2.75, 3.05) is 0 Å². The number of fused-ring (bicyclic) bond motifs is 3. The number of H-pyrrole nitrogens is 2. The highest BCUT2D eigenvalue weighted by Crippen LogP contribution is 2.39. The van der Waals surface area contributed by atoms with Gasteiger partial charge < -0.3 is 10.1 Å². The van der Waals surface area contributed by atoms with E-state index in [0.29, 0.717) is 11.3 Å². The van der Waals surface area contributed by atoms with E-state index < -0.39 is 5.91 Å². The van der Waals surface area contributed by atoms with Gasteiger partial charge in [-0.1, -0.05) is 32.1 Å². The highest BCUT2D eigenvalue weighted by molar-refractivity contribution is 6.20. The van der Waals surface area contributed by atoms with E-state index in [1.54, 1.807) is 6.20 Å². The van der Waals surface area contributed by atoms with E-state index in [2.05, 4.69) is 57.2 Å². The van der Waals surface area contributed by atoms with Gasteiger partial charge in [-0.2, -0.15) is 5.10 Å². The Hall–Kier alpha value is -4.26. The number of aliphatic hydroxyl groups excluding tert-OH is 1. The number of carbonyl (C=O) groups excluding carboxylic acids is 1. The molecule has 4 heterocycles. The van der Waals surface area contributed by atoms with Gasteiger partial charge in [0.15, 0.2) is 5.65 Å². The molecule has 0 bridgehead atoms. The summed E-state index contributed by atoms with van der Waals surface area (Å²) in [5.74, 6) is -0.219. The molecule has 0 saturated carbocycles. The number of allylic oxidation sites excluding steroid dienone is 4. The second-order valence-corrected chi connectivity index (χ2v) is 8.69. The van der Waals surface area contributed by atoms with Crippen molar-refractivity contribution in [2.24, 2.45) is 4.99 Å². The number of hydrogen-bond donors (Lipinski definition) is 3. The molecule has 4 aromatic rings. The Morgan fingerprint density at radius 2 is 2.03 bits per heavy atom. The maximum absolute atomic E-state index is 11.6. The van der Waals surface area contributed by atoms with Gasteiger partial charge in [-0.15, -0.1) is 0 Å². The Labute approximate surface area is 189 Å². The van der Waals surface area contributed by atoms with Gasteiger partial charge in [-0.3, -0.25) is 9.89 Å². The van der Waals surface area contributed by atoms with E-state index in [9.17, 15) is 9.90 Å². The zero-order valence-corrected chi connectivity index (χ0v) is 18.1. The lowest BCUT2D eigenvalue weighted by atomic mass is 9.87. The van der Waals surface area contributed by atoms with Gasteiger partial charge in [0.25, 0.3) is 5.91 Å². The smallest absolute Gasteiger partial charge is 0.274 e. The fourth-order valence-corrected chi connectivity index (χ4v) is 4.79. The summed E-state index contributed by atoms with van der Waals surface area (Å²) in [5.41, 5.74) is 7.41. The lowest BCUT2D eigenvalue weighted by Crippen LogP contribution is -2.16. The normalized spacial score (nSPS) is 18.0. The van der Waals surface area contributed by atoms with Crippen molar-refractivity contribution in [2.45, 2.75) is 25.7 Å². The summed E-state index contributed by atoms with van der Waals surface area (Å²) in [6.45, 7) is 4.39. The maximum Gasteiger partial charge on any atom is 0.274 e. The van der Waals surface area contributed by atoms with Crippen LogP contribution >= 0.6 is 0 Å². The van der Waals surface area contributed by atoms with Crippen LogP contribution < -0.4 is 0 Å². The van der Waals surface area contributed by atoms with Crippen LogP contribution in [-0.2, 0) is 4.79 Å². The molecule has 1 aliphatic carbocycles. The van der Waals surface area contributed by atoms with Crippen molar-refractivity contribution in [3.05, 3.63) is 83.4 Å². The van der Waals surface area contributed by atoms with Crippen molar-refractivity contribution in [1.29, 1.82) is 0 Å². The molecule has 0 saturated heterocycles. The van der Waals surface area contributed by atoms with Crippen molar-refractivity contribution in [3.63, 3.8) is 0 Å². The van der Waals surface area contributed by atoms with Crippen LogP contribution in [0.4, 0.5) is 0 Å². The third-order valence-corrected chi connectivity index (χ3v) is 6.30. The van der Waals surface area contributed by atoms with Crippen LogP contribution in [0.1, 0.15) is 36.8 Å². The van der Waals surface area contributed by atoms with Gasteiger partial charge >= 0.3 is 0 Å². The highest BCUT2D eigenvalue weighted by Gasteiger charge is 2.24. The molecule has 162 valence electrons. The number of aliphatic imine (C=N–C) groups is 1. The summed E-state index contributed by atoms with van der Waals surface area (Å²) in [6, 6.07) is 8.42. The van der Waals surface area contributed by atoms with Crippen molar-refractivity contribution < 1.29 is 9.90 Å². The summed E-state index contributed by atoms with van der Waals surface area (Å²) in [6.07, 6.45) is 10.5. The van der Waals surface area contributed by atoms with Gasteiger partial charge in [0, 0.05) is 45.6 Å². The summed E-state index contributed by atoms with van der Waals surface area (Å²) in [5, 5.41) is 19.5. The first kappa shape index (κ1) is 19.4. The molecular formula is C26H21N5O2. The SMILES string of the molecule is CC(C)c1c(-c2ccnc3[nH]ncc23)[nH]c2ccc(C3C=CC4=NC(=O)C=C(O)C4=C3)cc12. The number of benzene rings is 1. The lowest BCUT2D eigenvalue weighted by Gasteiger charge is -2.19. The van der Waals surface area contributed by atoms with Gasteiger partial charge in [-0.05, 0) is 41.3 Å². The Kier molecular flexibility index (Phi) is 4.20. The third kappa shape index (κ3) is 3.04. The molecule has 6 rings (SSSR count). The minimum absolute atomic E-state index is 0.0333. The van der Waals surface area contributed by atoms with Crippen LogP contribution in [0.3, 0.4) is 0 Å². The second kappa shape index (κ2) is 7.13. The molecule has 2 aliphatic rings. The number of rotatable bonds is 3. The third-order valence-electron chi connectivity index (χ3n) is 6.30. The zero-order chi connectivity index (χ0) is 22.7. The Balaban J connectivity index is 1.50. The van der Waals surface area contributed by atoms with Crippen LogP contribution in [0.5, 0.6) is 0 Å². The minimum Gasteiger partial charge on any atom is -0.507 e. The standard InChI is InChI=1S/C26H21N5O2/c1-13(2)24-18-10-15(14-3-5-20-17(9-14)22(32)11-23(33)29-20)4-6-21(18)30-25(24)16-7-8-27-26-19(16)12-28-31-26/h3-14,30,32H,1-2H3,(H,27,28,31). The second-order valence-electron chi connectivity index (χ2n) is 8.69. The highest BCUT2D eigenvalue weighted by atomic mass is 16.3. The number of amides is 1. The number of hydrogen-bond acceptors (Lipinski definition) is 4. The minimum atomic E-state index is -0.437. The molecule has 0 spiro atoms. The number of aromatic nitrogens is 4. The number of pyridine rings is 1. The lowest BCUT2D eigenvalue weighted by molar-refractivity contribution is -0.113. The molecule has 7 nitrogen and oxygen atoms in total. The first-order valence-corrected chi connectivity index (χ1v) is 10.9. The molecule has 1 aliphatic heterocycles. The fraction of sp³-hybridized carbons (Fsp3) is 0.154. The molecule has 0 fully saturated rings. The fourth-order valence-electron chi connectivity index (χ4n) is 4.79. The topological polar surface area (TPSA) is 107 Å². The van der Waals surface area contributed by atoms with E-state index in [4.69, 9.17) is 0 Å². The molecule has 1 unspecified atom stereocenters. The van der Waals surface area contributed by atoms with E-state index in [-0.39, 0.29) is 17.6 Å². The molecule has 33 heavy (non-hydrogen) atoms. The van der Waals surface area contributed by atoms with E-state index in [1.165, 1.54) is 5.56 Å². The summed E-state index contributed by atoms with van der Waals surface area (Å²) < 4.78 is 0. The molecule has 1 amide bonds. The van der Waals surface area contributed by atoms with E-state index in [0.717, 1.165) is 44.8 Å². The van der Waals surface area contributed by atoms with Gasteiger partial charge in [0.2, 0.25) is 0 Å². The van der Waals surface area contributed by atoms with Crippen LogP contribution in [0.2, 0.25) is 0 Å². The Morgan fingerprint density at radius 3 is 2.88 bits per heavy atom. The van der Waals surface area contributed by atoms with E-state index >= 15 is 0 Å². The van der Waals surface area contributed by atoms with Gasteiger partial charge in [0.1, 0.15) is 5.76 Å². The van der Waals surface area contributed by atoms with Gasteiger partial charge in [-0.25, -0.2) is 9.98 Å². The van der Waals surface area contributed by atoms with Crippen LogP contribution in [0, 0.1) is 0 Å². The summed E-state index contributed by atoms with van der Waals surface area (Å²) >= 11 is 0. The predicted molar refractivity (Wildman–Crippen MR) is 128 cm³/mol. The molecular weight excluding hydrogens is 414 g/mol. The number of aliphatic hydroxyl groups is 1. The number of aromatic amines is 2. The quantitative estimate of drug-likeness (QED) is 0.409. The van der Waals surface area contributed by atoms with Crippen molar-refractivity contribution >= 4 is 33.6 Å².